The van der Waals surface area contributed by atoms with E-state index in [0.29, 0.717) is 5.69 Å². The molecule has 0 saturated heterocycles. The van der Waals surface area contributed by atoms with Gasteiger partial charge >= 0.3 is 0 Å². The second-order valence-corrected chi connectivity index (χ2v) is 3.90. The Kier molecular flexibility index (Phi) is 3.46. The lowest BCUT2D eigenvalue weighted by molar-refractivity contribution is -0.111. The van der Waals surface area contributed by atoms with Gasteiger partial charge in [0.05, 0.1) is 11.9 Å². The van der Waals surface area contributed by atoms with Crippen molar-refractivity contribution < 1.29 is 4.79 Å². The lowest BCUT2D eigenvalue weighted by Gasteiger charge is -1.99. The van der Waals surface area contributed by atoms with Gasteiger partial charge in [0.15, 0.2) is 0 Å². The molecule has 0 aromatic carbocycles. The summed E-state index contributed by atoms with van der Waals surface area (Å²) in [6.07, 6.45) is 6.56. The lowest BCUT2D eigenvalue weighted by Crippen LogP contribution is -2.07. The molecule has 0 radical (unpaired) electrons. The van der Waals surface area contributed by atoms with Gasteiger partial charge in [0.1, 0.15) is 0 Å². The minimum atomic E-state index is -0.154. The van der Waals surface area contributed by atoms with Crippen LogP contribution in [0.1, 0.15) is 5.56 Å². The second kappa shape index (κ2) is 5.23. The van der Waals surface area contributed by atoms with E-state index >= 15 is 0 Å². The van der Waals surface area contributed by atoms with Gasteiger partial charge < -0.3 is 5.32 Å². The third-order valence-corrected chi connectivity index (χ3v) is 2.60. The summed E-state index contributed by atoms with van der Waals surface area (Å²) >= 11 is 1.60. The first-order valence-electron chi connectivity index (χ1n) is 4.76. The van der Waals surface area contributed by atoms with Gasteiger partial charge in [0.2, 0.25) is 5.91 Å². The zero-order valence-corrected chi connectivity index (χ0v) is 9.28. The summed E-state index contributed by atoms with van der Waals surface area (Å²) in [5.41, 5.74) is 1.73. The number of hydrogen-bond acceptors (Lipinski definition) is 3. The smallest absolute Gasteiger partial charge is 0.248 e. The van der Waals surface area contributed by atoms with Crippen molar-refractivity contribution in [3.63, 3.8) is 0 Å². The topological polar surface area (TPSA) is 42.0 Å². The summed E-state index contributed by atoms with van der Waals surface area (Å²) in [5, 5.41) is 6.67. The molecule has 1 N–H and O–H groups in total. The predicted molar refractivity (Wildman–Crippen MR) is 66.2 cm³/mol. The summed E-state index contributed by atoms with van der Waals surface area (Å²) in [6.45, 7) is 0. The van der Waals surface area contributed by atoms with Crippen molar-refractivity contribution in [2.45, 2.75) is 0 Å². The van der Waals surface area contributed by atoms with Gasteiger partial charge in [-0.3, -0.25) is 9.78 Å². The minimum Gasteiger partial charge on any atom is -0.321 e. The molecule has 0 saturated carbocycles. The number of amides is 1. The van der Waals surface area contributed by atoms with Gasteiger partial charge in [-0.2, -0.15) is 11.3 Å². The molecular formula is C12H10N2OS. The molecule has 2 heterocycles. The third-order valence-electron chi connectivity index (χ3n) is 1.90. The normalized spacial score (nSPS) is 10.5. The lowest BCUT2D eigenvalue weighted by atomic mass is 10.3. The molecule has 2 aromatic rings. The van der Waals surface area contributed by atoms with Crippen LogP contribution in [0, 0.1) is 0 Å². The molecule has 0 aliphatic rings. The van der Waals surface area contributed by atoms with Crippen molar-refractivity contribution in [2.75, 3.05) is 5.32 Å². The highest BCUT2D eigenvalue weighted by atomic mass is 32.1. The Balaban J connectivity index is 1.95. The number of rotatable bonds is 3. The fraction of sp³-hybridized carbons (Fsp3) is 0. The van der Waals surface area contributed by atoms with Crippen LogP contribution in [0.3, 0.4) is 0 Å². The van der Waals surface area contributed by atoms with Crippen LogP contribution in [0.4, 0.5) is 5.69 Å². The van der Waals surface area contributed by atoms with E-state index in [1.807, 2.05) is 16.8 Å². The summed E-state index contributed by atoms with van der Waals surface area (Å²) in [5.74, 6) is -0.154. The molecule has 16 heavy (non-hydrogen) atoms. The van der Waals surface area contributed by atoms with Crippen LogP contribution in [-0.4, -0.2) is 10.9 Å². The Morgan fingerprint density at radius 3 is 3.06 bits per heavy atom. The second-order valence-electron chi connectivity index (χ2n) is 3.12. The zero-order valence-electron chi connectivity index (χ0n) is 8.46. The van der Waals surface area contributed by atoms with Crippen LogP contribution in [-0.2, 0) is 4.79 Å². The highest BCUT2D eigenvalue weighted by molar-refractivity contribution is 7.08. The highest BCUT2D eigenvalue weighted by Gasteiger charge is 1.96. The average molecular weight is 230 g/mol. The Morgan fingerprint density at radius 1 is 1.44 bits per heavy atom. The molecular weight excluding hydrogens is 220 g/mol. The van der Waals surface area contributed by atoms with E-state index in [9.17, 15) is 4.79 Å². The van der Waals surface area contributed by atoms with Crippen LogP contribution in [0.25, 0.3) is 6.08 Å². The standard InChI is InChI=1S/C12H10N2OS/c15-12(4-3-10-5-7-16-9-10)14-11-2-1-6-13-8-11/h1-9H,(H,14,15)/b4-3+. The monoisotopic (exact) mass is 230 g/mol. The van der Waals surface area contributed by atoms with Crippen LogP contribution in [0.5, 0.6) is 0 Å². The van der Waals surface area contributed by atoms with Crippen LogP contribution < -0.4 is 5.32 Å². The molecule has 1 amide bonds. The van der Waals surface area contributed by atoms with E-state index in [0.717, 1.165) is 5.56 Å². The quantitative estimate of drug-likeness (QED) is 0.824. The van der Waals surface area contributed by atoms with E-state index in [1.54, 1.807) is 41.9 Å². The Hall–Kier alpha value is -1.94. The summed E-state index contributed by atoms with van der Waals surface area (Å²) in [7, 11) is 0. The minimum absolute atomic E-state index is 0.154. The van der Waals surface area contributed by atoms with E-state index in [1.165, 1.54) is 6.08 Å². The summed E-state index contributed by atoms with van der Waals surface area (Å²) in [4.78, 5) is 15.4. The first-order valence-corrected chi connectivity index (χ1v) is 5.70. The van der Waals surface area contributed by atoms with E-state index in [2.05, 4.69) is 10.3 Å². The van der Waals surface area contributed by atoms with Gasteiger partial charge in [0.25, 0.3) is 0 Å². The Labute approximate surface area is 97.5 Å². The molecule has 2 rings (SSSR count). The fourth-order valence-electron chi connectivity index (χ4n) is 1.16. The fourth-order valence-corrected chi connectivity index (χ4v) is 1.79. The Morgan fingerprint density at radius 2 is 2.38 bits per heavy atom. The highest BCUT2D eigenvalue weighted by Crippen LogP contribution is 2.08. The number of aromatic nitrogens is 1. The van der Waals surface area contributed by atoms with E-state index < -0.39 is 0 Å². The number of hydrogen-bond donors (Lipinski definition) is 1. The number of nitrogens with zero attached hydrogens (tertiary/aromatic N) is 1. The molecule has 0 atom stereocenters. The number of carbonyl (C=O) groups is 1. The van der Waals surface area contributed by atoms with Crippen LogP contribution in [0.2, 0.25) is 0 Å². The maximum absolute atomic E-state index is 11.5. The Bertz CT molecular complexity index is 477. The van der Waals surface area contributed by atoms with Gasteiger partial charge in [0, 0.05) is 12.3 Å². The van der Waals surface area contributed by atoms with Gasteiger partial charge in [-0.05, 0) is 40.6 Å². The molecule has 4 heteroatoms. The molecule has 0 bridgehead atoms. The van der Waals surface area contributed by atoms with Gasteiger partial charge in [-0.1, -0.05) is 0 Å². The maximum atomic E-state index is 11.5. The first-order chi connectivity index (χ1) is 7.84. The van der Waals surface area contributed by atoms with E-state index in [4.69, 9.17) is 0 Å². The maximum Gasteiger partial charge on any atom is 0.248 e. The van der Waals surface area contributed by atoms with Crippen molar-refractivity contribution in [1.82, 2.24) is 4.98 Å². The molecule has 0 aliphatic carbocycles. The van der Waals surface area contributed by atoms with Crippen molar-refractivity contribution in [2.24, 2.45) is 0 Å². The largest absolute Gasteiger partial charge is 0.321 e. The van der Waals surface area contributed by atoms with Crippen molar-refractivity contribution in [3.8, 4) is 0 Å². The molecule has 0 spiro atoms. The molecule has 80 valence electrons. The third kappa shape index (κ3) is 3.03. The number of thiophene rings is 1. The van der Waals surface area contributed by atoms with Gasteiger partial charge in [-0.15, -0.1) is 0 Å². The SMILES string of the molecule is O=C(/C=C/c1ccsc1)Nc1cccnc1. The van der Waals surface area contributed by atoms with Crippen molar-refractivity contribution >= 4 is 29.0 Å². The average Bonchev–Trinajstić information content (AvgIpc) is 2.81. The van der Waals surface area contributed by atoms with Crippen molar-refractivity contribution in [3.05, 3.63) is 53.0 Å². The molecule has 2 aromatic heterocycles. The molecule has 0 fully saturated rings. The van der Waals surface area contributed by atoms with Crippen molar-refractivity contribution in [1.29, 1.82) is 0 Å². The zero-order chi connectivity index (χ0) is 11.2. The number of nitrogens with one attached hydrogen (secondary N) is 1. The molecule has 0 aliphatic heterocycles. The first kappa shape index (κ1) is 10.6. The van der Waals surface area contributed by atoms with Crippen LogP contribution in [0.15, 0.2) is 47.4 Å². The van der Waals surface area contributed by atoms with E-state index in [-0.39, 0.29) is 5.91 Å². The van der Waals surface area contributed by atoms with Gasteiger partial charge in [-0.25, -0.2) is 0 Å². The molecule has 3 nitrogen and oxygen atoms in total. The molecule has 0 unspecified atom stereocenters. The number of carbonyl (C=O) groups excluding carboxylic acids is 1. The number of pyridine rings is 1. The number of anilines is 1. The summed E-state index contributed by atoms with van der Waals surface area (Å²) < 4.78 is 0. The summed E-state index contributed by atoms with van der Waals surface area (Å²) in [6, 6.07) is 5.53. The van der Waals surface area contributed by atoms with Crippen LogP contribution >= 0.6 is 11.3 Å². The predicted octanol–water partition coefficient (Wildman–Crippen LogP) is 2.79.